The van der Waals surface area contributed by atoms with Gasteiger partial charge < -0.3 is 0 Å². The van der Waals surface area contributed by atoms with Gasteiger partial charge in [0.15, 0.2) is 0 Å². The minimum atomic E-state index is -3.52. The fraction of sp³-hybridized carbons (Fsp3) is 0.308. The topological polar surface area (TPSA) is 65.4 Å². The van der Waals surface area contributed by atoms with Crippen molar-refractivity contribution in [1.82, 2.24) is 9.78 Å². The quantitative estimate of drug-likeness (QED) is 0.630. The van der Waals surface area contributed by atoms with Gasteiger partial charge in [0.25, 0.3) is 0 Å². The fourth-order valence-corrected chi connectivity index (χ4v) is 4.20. The van der Waals surface area contributed by atoms with Crippen LogP contribution in [0.1, 0.15) is 13.8 Å². The van der Waals surface area contributed by atoms with E-state index in [1.807, 2.05) is 0 Å². The average molecular weight is 399 g/mol. The molecule has 126 valence electrons. The smallest absolute Gasteiger partial charge is 0.293 e. The third-order valence-electron chi connectivity index (χ3n) is 2.69. The van der Waals surface area contributed by atoms with E-state index in [0.717, 1.165) is 0 Å². The van der Waals surface area contributed by atoms with Gasteiger partial charge in [-0.05, 0) is 26.0 Å². The van der Waals surface area contributed by atoms with Crippen LogP contribution in [0.3, 0.4) is 0 Å². The monoisotopic (exact) mass is 397 g/mol. The zero-order valence-electron chi connectivity index (χ0n) is 12.4. The third kappa shape index (κ3) is 4.41. The molecule has 0 aliphatic heterocycles. The van der Waals surface area contributed by atoms with Gasteiger partial charge in [-0.15, -0.1) is 0 Å². The molecule has 0 aliphatic rings. The van der Waals surface area contributed by atoms with Gasteiger partial charge in [-0.2, -0.15) is 5.10 Å². The van der Waals surface area contributed by atoms with Gasteiger partial charge in [0.2, 0.25) is 0 Å². The summed E-state index contributed by atoms with van der Waals surface area (Å²) < 4.78 is 24.4. The Kier molecular flexibility index (Phi) is 6.37. The Morgan fingerprint density at radius 2 is 1.74 bits per heavy atom. The van der Waals surface area contributed by atoms with Crippen LogP contribution in [-0.4, -0.2) is 23.0 Å². The van der Waals surface area contributed by atoms with Gasteiger partial charge in [0.1, 0.15) is 11.5 Å². The van der Waals surface area contributed by atoms with Gasteiger partial charge >= 0.3 is 7.75 Å². The summed E-state index contributed by atoms with van der Waals surface area (Å²) in [5.41, 5.74) is 0.407. The lowest BCUT2D eigenvalue weighted by Gasteiger charge is -2.19. The molecule has 0 aliphatic carbocycles. The molecule has 2 aromatic rings. The van der Waals surface area contributed by atoms with Crippen LogP contribution in [0.15, 0.2) is 24.4 Å². The molecule has 0 atom stereocenters. The molecule has 10 heteroatoms. The molecule has 1 N–H and O–H groups in total. The summed E-state index contributed by atoms with van der Waals surface area (Å²) in [5.74, 6) is 0.362. The molecule has 0 spiro atoms. The van der Waals surface area contributed by atoms with Crippen molar-refractivity contribution in [2.45, 2.75) is 13.8 Å². The molecule has 0 saturated heterocycles. The second kappa shape index (κ2) is 7.88. The molecular weight excluding hydrogens is 383 g/mol. The Hall–Kier alpha value is -0.750. The molecule has 2 rings (SSSR count). The second-order valence-electron chi connectivity index (χ2n) is 4.29. The number of nitrogens with zero attached hydrogens (tertiary/aromatic N) is 2. The number of rotatable bonds is 7. The first-order valence-corrected chi connectivity index (χ1v) is 9.44. The Balaban J connectivity index is 2.43. The summed E-state index contributed by atoms with van der Waals surface area (Å²) >= 11 is 18.3. The van der Waals surface area contributed by atoms with Gasteiger partial charge in [-0.1, -0.05) is 34.8 Å². The average Bonchev–Trinajstić information content (AvgIpc) is 2.85. The van der Waals surface area contributed by atoms with Crippen LogP contribution in [0.25, 0.3) is 5.69 Å². The van der Waals surface area contributed by atoms with Crippen molar-refractivity contribution in [1.29, 1.82) is 0 Å². The highest BCUT2D eigenvalue weighted by Gasteiger charge is 2.26. The maximum absolute atomic E-state index is 12.6. The highest BCUT2D eigenvalue weighted by Crippen LogP contribution is 2.48. The summed E-state index contributed by atoms with van der Waals surface area (Å²) in [6.07, 6.45) is 1.51. The van der Waals surface area contributed by atoms with Crippen molar-refractivity contribution in [3.8, 4) is 5.69 Å². The van der Waals surface area contributed by atoms with Gasteiger partial charge in [-0.3, -0.25) is 14.1 Å². The van der Waals surface area contributed by atoms with E-state index in [9.17, 15) is 4.57 Å². The van der Waals surface area contributed by atoms with Crippen molar-refractivity contribution in [2.24, 2.45) is 0 Å². The van der Waals surface area contributed by atoms with E-state index in [1.54, 1.807) is 32.0 Å². The minimum Gasteiger partial charge on any atom is -0.293 e. The van der Waals surface area contributed by atoms with E-state index in [1.165, 1.54) is 10.9 Å². The number of hydrogen-bond donors (Lipinski definition) is 1. The van der Waals surface area contributed by atoms with Crippen LogP contribution < -0.4 is 5.09 Å². The third-order valence-corrected chi connectivity index (χ3v) is 5.18. The maximum atomic E-state index is 12.6. The molecular formula is C13H15Cl3N3O3P. The highest BCUT2D eigenvalue weighted by atomic mass is 35.5. The molecule has 1 aromatic carbocycles. The fourth-order valence-electron chi connectivity index (χ4n) is 1.89. The summed E-state index contributed by atoms with van der Waals surface area (Å²) in [6.45, 7) is 3.89. The van der Waals surface area contributed by atoms with Crippen LogP contribution in [0, 0.1) is 0 Å². The van der Waals surface area contributed by atoms with Crippen molar-refractivity contribution < 1.29 is 13.6 Å². The zero-order valence-corrected chi connectivity index (χ0v) is 15.6. The number of halogens is 3. The number of anilines is 1. The van der Waals surface area contributed by atoms with Gasteiger partial charge in [-0.25, -0.2) is 9.25 Å². The van der Waals surface area contributed by atoms with E-state index < -0.39 is 7.75 Å². The molecule has 0 saturated carbocycles. The SMILES string of the molecule is CCOP(=O)(Nc1ccnn1-c1c(Cl)cc(Cl)cc1Cl)OCC. The van der Waals surface area contributed by atoms with Crippen molar-refractivity contribution in [3.63, 3.8) is 0 Å². The van der Waals surface area contributed by atoms with Crippen LogP contribution in [0.4, 0.5) is 5.82 Å². The zero-order chi connectivity index (χ0) is 17.0. The lowest BCUT2D eigenvalue weighted by Crippen LogP contribution is -2.09. The van der Waals surface area contributed by atoms with E-state index in [4.69, 9.17) is 43.9 Å². The number of hydrogen-bond acceptors (Lipinski definition) is 4. The van der Waals surface area contributed by atoms with Crippen molar-refractivity contribution in [3.05, 3.63) is 39.5 Å². The van der Waals surface area contributed by atoms with Crippen molar-refractivity contribution >= 4 is 48.4 Å². The molecule has 0 radical (unpaired) electrons. The van der Waals surface area contributed by atoms with Crippen LogP contribution >= 0.6 is 42.5 Å². The number of benzene rings is 1. The normalized spacial score (nSPS) is 11.7. The summed E-state index contributed by atoms with van der Waals surface area (Å²) in [5, 5.41) is 7.89. The molecule has 1 aromatic heterocycles. The maximum Gasteiger partial charge on any atom is 0.433 e. The highest BCUT2D eigenvalue weighted by molar-refractivity contribution is 7.55. The van der Waals surface area contributed by atoms with E-state index in [-0.39, 0.29) is 13.2 Å². The predicted octanol–water partition coefficient (Wildman–Crippen LogP) is 5.43. The Bertz CT molecular complexity index is 705. The standard InChI is InChI=1S/C13H15Cl3N3O3P/c1-3-21-23(20,22-4-2)18-12-5-6-17-19(12)13-10(15)7-9(14)8-11(13)16/h5-8H,3-4H2,1-2H3,(H,18,20). The van der Waals surface area contributed by atoms with E-state index >= 15 is 0 Å². The first-order valence-electron chi connectivity index (χ1n) is 6.76. The van der Waals surface area contributed by atoms with Crippen LogP contribution in [0.2, 0.25) is 15.1 Å². The Morgan fingerprint density at radius 3 is 2.26 bits per heavy atom. The number of nitrogens with one attached hydrogen (secondary N) is 1. The molecule has 0 unspecified atom stereocenters. The summed E-state index contributed by atoms with van der Waals surface area (Å²) in [6, 6.07) is 4.69. The predicted molar refractivity (Wildman–Crippen MR) is 93.1 cm³/mol. The molecule has 1 heterocycles. The van der Waals surface area contributed by atoms with E-state index in [0.29, 0.717) is 26.6 Å². The Labute approximate surface area is 149 Å². The number of aromatic nitrogens is 2. The van der Waals surface area contributed by atoms with E-state index in [2.05, 4.69) is 10.2 Å². The van der Waals surface area contributed by atoms with Gasteiger partial charge in [0, 0.05) is 11.1 Å². The Morgan fingerprint density at radius 1 is 1.17 bits per heavy atom. The second-order valence-corrected chi connectivity index (χ2v) is 7.28. The minimum absolute atomic E-state index is 0.223. The van der Waals surface area contributed by atoms with Crippen molar-refractivity contribution in [2.75, 3.05) is 18.3 Å². The van der Waals surface area contributed by atoms with Crippen LogP contribution in [0.5, 0.6) is 0 Å². The first-order chi connectivity index (χ1) is 10.9. The summed E-state index contributed by atoms with van der Waals surface area (Å²) in [7, 11) is -3.52. The lowest BCUT2D eigenvalue weighted by atomic mass is 10.3. The first kappa shape index (κ1) is 18.6. The lowest BCUT2D eigenvalue weighted by molar-refractivity contribution is 0.225. The molecule has 6 nitrogen and oxygen atoms in total. The van der Waals surface area contributed by atoms with Crippen LogP contribution in [-0.2, 0) is 13.6 Å². The molecule has 0 bridgehead atoms. The van der Waals surface area contributed by atoms with Gasteiger partial charge in [0.05, 0.1) is 29.5 Å². The molecule has 0 fully saturated rings. The summed E-state index contributed by atoms with van der Waals surface area (Å²) in [4.78, 5) is 0. The molecule has 0 amide bonds. The largest absolute Gasteiger partial charge is 0.433 e. The molecule has 23 heavy (non-hydrogen) atoms.